The number of anilines is 2. The molecule has 3 aromatic heterocycles. The molecule has 0 bridgehead atoms. The van der Waals surface area contributed by atoms with Gasteiger partial charge in [-0.1, -0.05) is 31.2 Å². The number of aromatic nitrogens is 4. The molecule has 0 saturated carbocycles. The fraction of sp³-hybridized carbons (Fsp3) is 0.419. The van der Waals surface area contributed by atoms with E-state index in [9.17, 15) is 9.18 Å². The molecule has 0 aliphatic carbocycles. The molecule has 0 unspecified atom stereocenters. The summed E-state index contributed by atoms with van der Waals surface area (Å²) in [5.41, 5.74) is 2.92. The molecule has 1 fully saturated rings. The van der Waals surface area contributed by atoms with E-state index < -0.39 is 13.9 Å². The number of halogens is 2. The highest BCUT2D eigenvalue weighted by atomic mass is 35.5. The van der Waals surface area contributed by atoms with Crippen molar-refractivity contribution in [1.29, 1.82) is 0 Å². The Morgan fingerprint density at radius 1 is 1.14 bits per heavy atom. The first-order valence-electron chi connectivity index (χ1n) is 14.9. The number of hydrogen-bond acceptors (Lipinski definition) is 8. The second kappa shape index (κ2) is 14.1. The molecule has 4 heterocycles. The van der Waals surface area contributed by atoms with E-state index in [1.807, 2.05) is 4.57 Å². The number of pyridine rings is 1. The zero-order valence-corrected chi connectivity index (χ0v) is 27.5. The van der Waals surface area contributed by atoms with E-state index in [0.717, 1.165) is 38.8 Å². The third-order valence-electron chi connectivity index (χ3n) is 7.68. The van der Waals surface area contributed by atoms with Crippen LogP contribution in [-0.2, 0) is 11.5 Å². The predicted octanol–water partition coefficient (Wildman–Crippen LogP) is 5.32. The number of ether oxygens (including phenoxy) is 1. The summed E-state index contributed by atoms with van der Waals surface area (Å²) < 4.78 is 22.5. The van der Waals surface area contributed by atoms with E-state index >= 15 is 0 Å². The second-order valence-corrected chi connectivity index (χ2v) is 18.5. The van der Waals surface area contributed by atoms with E-state index in [4.69, 9.17) is 16.3 Å². The maximum absolute atomic E-state index is 14.6. The van der Waals surface area contributed by atoms with Crippen LogP contribution in [-0.4, -0.2) is 96.5 Å². The molecule has 1 aliphatic heterocycles. The summed E-state index contributed by atoms with van der Waals surface area (Å²) in [6.45, 7) is 13.2. The first kappa shape index (κ1) is 32.0. The lowest BCUT2D eigenvalue weighted by Gasteiger charge is -2.32. The van der Waals surface area contributed by atoms with Crippen molar-refractivity contribution in [3.8, 4) is 11.3 Å². The van der Waals surface area contributed by atoms with Crippen molar-refractivity contribution in [2.24, 2.45) is 0 Å². The highest BCUT2D eigenvalue weighted by Gasteiger charge is 2.21. The van der Waals surface area contributed by atoms with Gasteiger partial charge in [-0.2, -0.15) is 10.2 Å². The Bertz CT molecular complexity index is 1600. The fourth-order valence-corrected chi connectivity index (χ4v) is 5.97. The molecule has 1 aliphatic rings. The number of nitrogens with one attached hydrogen (secondary N) is 2. The Hall–Kier alpha value is -3.42. The van der Waals surface area contributed by atoms with Crippen molar-refractivity contribution < 1.29 is 13.9 Å². The number of carbonyl (C=O) groups is 1. The summed E-state index contributed by atoms with van der Waals surface area (Å²) in [6, 6.07) is 8.84. The van der Waals surface area contributed by atoms with E-state index in [2.05, 4.69) is 62.3 Å². The van der Waals surface area contributed by atoms with Gasteiger partial charge in [-0.05, 0) is 43.4 Å². The maximum Gasteiger partial charge on any atom is 0.253 e. The molecule has 1 saturated heterocycles. The van der Waals surface area contributed by atoms with Crippen LogP contribution >= 0.6 is 11.6 Å². The minimum atomic E-state index is -1.26. The van der Waals surface area contributed by atoms with Crippen molar-refractivity contribution in [1.82, 2.24) is 34.9 Å². The van der Waals surface area contributed by atoms with Gasteiger partial charge in [0, 0.05) is 76.9 Å². The van der Waals surface area contributed by atoms with Crippen molar-refractivity contribution >= 4 is 48.0 Å². The smallest absolute Gasteiger partial charge is 0.253 e. The Morgan fingerprint density at radius 2 is 1.93 bits per heavy atom. The lowest BCUT2D eigenvalue weighted by molar-refractivity contribution is 0.0890. The summed E-state index contributed by atoms with van der Waals surface area (Å²) in [4.78, 5) is 22.9. The standard InChI is InChI=1S/C31H40ClFN8O2Si/c1-39-11-13-40(14-12-39)10-9-35-31(42)25-20-41(21-43-15-16-44(2,3)4)30-29(25)27(7-8-34-30)37-23-18-28(38-36-19-23)24-17-22(32)5-6-26(24)33/h5-8,17-20H,9-16,21H2,1-4H3,(H,35,42)(H,34,37,38). The van der Waals surface area contributed by atoms with Gasteiger partial charge in [-0.3, -0.25) is 9.69 Å². The predicted molar refractivity (Wildman–Crippen MR) is 176 cm³/mol. The van der Waals surface area contributed by atoms with Crippen LogP contribution in [0.5, 0.6) is 0 Å². The molecule has 234 valence electrons. The number of benzene rings is 1. The zero-order valence-electron chi connectivity index (χ0n) is 25.7. The van der Waals surface area contributed by atoms with Crippen LogP contribution in [0.4, 0.5) is 15.8 Å². The molecule has 1 aromatic carbocycles. The lowest BCUT2D eigenvalue weighted by Crippen LogP contribution is -2.46. The maximum atomic E-state index is 14.6. The molecule has 1 amide bonds. The van der Waals surface area contributed by atoms with Gasteiger partial charge in [0.25, 0.3) is 5.91 Å². The van der Waals surface area contributed by atoms with E-state index in [1.165, 1.54) is 18.2 Å². The minimum Gasteiger partial charge on any atom is -0.361 e. The van der Waals surface area contributed by atoms with Crippen LogP contribution in [0.3, 0.4) is 0 Å². The van der Waals surface area contributed by atoms with Gasteiger partial charge in [-0.15, -0.1) is 0 Å². The number of likely N-dealkylation sites (N-methyl/N-ethyl adjacent to an activating group) is 1. The zero-order chi connectivity index (χ0) is 31.3. The Labute approximate surface area is 263 Å². The summed E-state index contributed by atoms with van der Waals surface area (Å²) in [6.07, 6.45) is 5.04. The highest BCUT2D eigenvalue weighted by Crippen LogP contribution is 2.32. The third-order valence-corrected chi connectivity index (χ3v) is 9.62. The molecule has 0 spiro atoms. The number of piperazine rings is 1. The van der Waals surface area contributed by atoms with Gasteiger partial charge in [0.1, 0.15) is 18.2 Å². The molecule has 2 N–H and O–H groups in total. The quantitative estimate of drug-likeness (QED) is 0.159. The number of carbonyl (C=O) groups excluding carboxylic acids is 1. The Kier molecular flexibility index (Phi) is 10.3. The molecule has 13 heteroatoms. The van der Waals surface area contributed by atoms with E-state index in [-0.39, 0.29) is 18.2 Å². The fourth-order valence-electron chi connectivity index (χ4n) is 5.04. The normalized spacial score (nSPS) is 14.7. The number of rotatable bonds is 12. The van der Waals surface area contributed by atoms with Crippen LogP contribution in [0.1, 0.15) is 10.4 Å². The van der Waals surface area contributed by atoms with Gasteiger partial charge in [0.2, 0.25) is 0 Å². The van der Waals surface area contributed by atoms with Gasteiger partial charge in [0.05, 0.1) is 34.2 Å². The van der Waals surface area contributed by atoms with Crippen LogP contribution < -0.4 is 10.6 Å². The van der Waals surface area contributed by atoms with Crippen molar-refractivity contribution in [2.45, 2.75) is 32.4 Å². The first-order chi connectivity index (χ1) is 21.1. The average Bonchev–Trinajstić information content (AvgIpc) is 3.37. The Balaban J connectivity index is 1.41. The lowest BCUT2D eigenvalue weighted by atomic mass is 10.1. The molecular weight excluding hydrogens is 599 g/mol. The first-order valence-corrected chi connectivity index (χ1v) is 19.0. The monoisotopic (exact) mass is 638 g/mol. The average molecular weight is 639 g/mol. The molecule has 10 nitrogen and oxygen atoms in total. The van der Waals surface area contributed by atoms with Crippen LogP contribution in [0.25, 0.3) is 22.3 Å². The van der Waals surface area contributed by atoms with Crippen LogP contribution in [0.15, 0.2) is 48.9 Å². The molecule has 44 heavy (non-hydrogen) atoms. The van der Waals surface area contributed by atoms with E-state index in [1.54, 1.807) is 30.7 Å². The third kappa shape index (κ3) is 8.19. The topological polar surface area (TPSA) is 100 Å². The van der Waals surface area contributed by atoms with Crippen LogP contribution in [0, 0.1) is 5.82 Å². The summed E-state index contributed by atoms with van der Waals surface area (Å²) >= 11 is 6.11. The molecule has 0 atom stereocenters. The number of fused-ring (bicyclic) bond motifs is 1. The van der Waals surface area contributed by atoms with Gasteiger partial charge in [0.15, 0.2) is 0 Å². The van der Waals surface area contributed by atoms with E-state index in [0.29, 0.717) is 51.8 Å². The van der Waals surface area contributed by atoms with Crippen LogP contribution in [0.2, 0.25) is 30.7 Å². The van der Waals surface area contributed by atoms with Gasteiger partial charge >= 0.3 is 0 Å². The van der Waals surface area contributed by atoms with Gasteiger partial charge in [-0.25, -0.2) is 9.37 Å². The molecule has 4 aromatic rings. The Morgan fingerprint density at radius 3 is 2.70 bits per heavy atom. The van der Waals surface area contributed by atoms with Crippen molar-refractivity contribution in [2.75, 3.05) is 58.2 Å². The number of nitrogens with zero attached hydrogens (tertiary/aromatic N) is 6. The molecular formula is C31H40ClFN8O2Si. The summed E-state index contributed by atoms with van der Waals surface area (Å²) in [5.74, 6) is -0.635. The number of hydrogen-bond donors (Lipinski definition) is 2. The largest absolute Gasteiger partial charge is 0.361 e. The van der Waals surface area contributed by atoms with Gasteiger partial charge < -0.3 is 24.8 Å². The summed E-state index contributed by atoms with van der Waals surface area (Å²) in [5, 5.41) is 15.7. The molecule has 0 radical (unpaired) electrons. The minimum absolute atomic E-state index is 0.185. The SMILES string of the molecule is CN1CCN(CCNC(=O)c2cn(COCC[Si](C)(C)C)c3nccc(Nc4cnnc(-c5cc(Cl)ccc5F)c4)c23)CC1. The number of amides is 1. The van der Waals surface area contributed by atoms with Crippen molar-refractivity contribution in [3.05, 3.63) is 65.3 Å². The highest BCUT2D eigenvalue weighted by molar-refractivity contribution is 6.76. The summed E-state index contributed by atoms with van der Waals surface area (Å²) in [7, 11) is 0.871. The molecule has 5 rings (SSSR count). The van der Waals surface area contributed by atoms with Crippen molar-refractivity contribution in [3.63, 3.8) is 0 Å². The second-order valence-electron chi connectivity index (χ2n) is 12.4.